The second-order valence-electron chi connectivity index (χ2n) is 4.60. The van der Waals surface area contributed by atoms with Gasteiger partial charge in [0.2, 0.25) is 0 Å². The number of tetrazole rings is 1. The summed E-state index contributed by atoms with van der Waals surface area (Å²) < 4.78 is 0. The van der Waals surface area contributed by atoms with E-state index in [4.69, 9.17) is 0 Å². The van der Waals surface area contributed by atoms with Crippen LogP contribution < -0.4 is 5.32 Å². The average molecular weight is 268 g/mol. The Bertz CT molecular complexity index is 462. The Morgan fingerprint density at radius 3 is 2.89 bits per heavy atom. The first-order valence-corrected chi connectivity index (χ1v) is 6.06. The van der Waals surface area contributed by atoms with Crippen LogP contribution in [0.3, 0.4) is 0 Å². The largest absolute Gasteiger partial charge is 0.481 e. The highest BCUT2D eigenvalue weighted by molar-refractivity contribution is 5.79. The van der Waals surface area contributed by atoms with E-state index in [1.54, 1.807) is 0 Å². The van der Waals surface area contributed by atoms with E-state index in [1.165, 1.54) is 4.90 Å². The summed E-state index contributed by atoms with van der Waals surface area (Å²) in [4.78, 5) is 24.7. The molecule has 9 heteroatoms. The molecule has 104 valence electrons. The first-order valence-electron chi connectivity index (χ1n) is 6.06. The molecule has 2 rings (SSSR count). The van der Waals surface area contributed by atoms with E-state index in [2.05, 4.69) is 25.9 Å². The molecule has 1 fully saturated rings. The van der Waals surface area contributed by atoms with Gasteiger partial charge in [0.05, 0.1) is 12.0 Å². The van der Waals surface area contributed by atoms with Gasteiger partial charge in [0, 0.05) is 13.1 Å². The number of aromatic amines is 1. The van der Waals surface area contributed by atoms with Gasteiger partial charge >= 0.3 is 12.0 Å². The van der Waals surface area contributed by atoms with Crippen LogP contribution >= 0.6 is 0 Å². The fraction of sp³-hybridized carbons (Fsp3) is 0.700. The first-order chi connectivity index (χ1) is 9.07. The lowest BCUT2D eigenvalue weighted by Crippen LogP contribution is -2.41. The first kappa shape index (κ1) is 13.2. The van der Waals surface area contributed by atoms with Crippen LogP contribution in [-0.2, 0) is 11.3 Å². The van der Waals surface area contributed by atoms with Crippen molar-refractivity contribution < 1.29 is 14.7 Å². The second kappa shape index (κ2) is 5.21. The number of hydrogen-bond acceptors (Lipinski definition) is 5. The highest BCUT2D eigenvalue weighted by Crippen LogP contribution is 2.34. The van der Waals surface area contributed by atoms with Gasteiger partial charge in [-0.05, 0) is 12.8 Å². The summed E-state index contributed by atoms with van der Waals surface area (Å²) in [5.41, 5.74) is -0.816. The maximum Gasteiger partial charge on any atom is 0.317 e. The molecule has 0 aromatic carbocycles. The SMILES string of the molecule is CCC1(C(=O)O)CCN(C(=O)NCc2nn[nH]n2)C1. The Kier molecular flexibility index (Phi) is 3.63. The number of hydrogen-bond donors (Lipinski definition) is 3. The van der Waals surface area contributed by atoms with Gasteiger partial charge in [0.1, 0.15) is 0 Å². The lowest BCUT2D eigenvalue weighted by molar-refractivity contribution is -0.148. The highest BCUT2D eigenvalue weighted by Gasteiger charge is 2.44. The standard InChI is InChI=1S/C10H16N6O3/c1-2-10(8(17)18)3-4-16(6-10)9(19)11-5-7-12-14-15-13-7/h2-6H2,1H3,(H,11,19)(H,17,18)(H,12,13,14,15). The third kappa shape index (κ3) is 2.64. The molecule has 1 aromatic heterocycles. The van der Waals surface area contributed by atoms with Gasteiger partial charge in [-0.25, -0.2) is 4.79 Å². The number of carboxylic acids is 1. The van der Waals surface area contributed by atoms with E-state index in [0.717, 1.165) is 0 Å². The molecule has 1 aromatic rings. The van der Waals surface area contributed by atoms with Gasteiger partial charge < -0.3 is 15.3 Å². The molecule has 1 aliphatic heterocycles. The van der Waals surface area contributed by atoms with Crippen LogP contribution in [0.1, 0.15) is 25.6 Å². The predicted octanol–water partition coefficient (Wildman–Crippen LogP) is -0.404. The van der Waals surface area contributed by atoms with E-state index in [-0.39, 0.29) is 19.1 Å². The quantitative estimate of drug-likeness (QED) is 0.682. The summed E-state index contributed by atoms with van der Waals surface area (Å²) in [6, 6.07) is -0.304. The molecule has 0 aliphatic carbocycles. The molecule has 1 unspecified atom stereocenters. The van der Waals surface area contributed by atoms with Crippen molar-refractivity contribution >= 4 is 12.0 Å². The zero-order valence-electron chi connectivity index (χ0n) is 10.6. The summed E-state index contributed by atoms with van der Waals surface area (Å²) in [5, 5.41) is 25.0. The van der Waals surface area contributed by atoms with Crippen molar-refractivity contribution in [3.05, 3.63) is 5.82 Å². The minimum absolute atomic E-state index is 0.165. The van der Waals surface area contributed by atoms with Crippen molar-refractivity contribution in [2.24, 2.45) is 5.41 Å². The topological polar surface area (TPSA) is 124 Å². The van der Waals surface area contributed by atoms with Gasteiger partial charge in [-0.2, -0.15) is 5.21 Å². The van der Waals surface area contributed by atoms with E-state index >= 15 is 0 Å². The predicted molar refractivity (Wildman–Crippen MR) is 63.0 cm³/mol. The van der Waals surface area contributed by atoms with Crippen molar-refractivity contribution in [3.8, 4) is 0 Å². The second-order valence-corrected chi connectivity index (χ2v) is 4.60. The number of urea groups is 1. The molecule has 0 bridgehead atoms. The number of aromatic nitrogens is 4. The number of aliphatic carboxylic acids is 1. The molecular formula is C10H16N6O3. The van der Waals surface area contributed by atoms with Crippen LogP contribution in [0.25, 0.3) is 0 Å². The third-order valence-electron chi connectivity index (χ3n) is 3.56. The number of likely N-dealkylation sites (tertiary alicyclic amines) is 1. The number of amides is 2. The number of H-pyrrole nitrogens is 1. The summed E-state index contributed by atoms with van der Waals surface area (Å²) in [6.45, 7) is 2.67. The molecule has 9 nitrogen and oxygen atoms in total. The molecule has 0 saturated carbocycles. The normalized spacial score (nSPS) is 22.5. The molecule has 3 N–H and O–H groups in total. The van der Waals surface area contributed by atoms with Crippen LogP contribution in [0.5, 0.6) is 0 Å². The smallest absolute Gasteiger partial charge is 0.317 e. The Hall–Kier alpha value is -2.19. The molecule has 1 atom stereocenters. The fourth-order valence-corrected chi connectivity index (χ4v) is 2.18. The Labute approximate surface area is 109 Å². The van der Waals surface area contributed by atoms with E-state index in [0.29, 0.717) is 25.2 Å². The maximum atomic E-state index is 11.9. The van der Waals surface area contributed by atoms with Gasteiger partial charge in [0.15, 0.2) is 5.82 Å². The van der Waals surface area contributed by atoms with Gasteiger partial charge in [0.25, 0.3) is 0 Å². The van der Waals surface area contributed by atoms with Crippen LogP contribution in [0.4, 0.5) is 4.79 Å². The number of nitrogens with zero attached hydrogens (tertiary/aromatic N) is 4. The minimum Gasteiger partial charge on any atom is -0.481 e. The monoisotopic (exact) mass is 268 g/mol. The molecule has 0 spiro atoms. The van der Waals surface area contributed by atoms with E-state index in [9.17, 15) is 14.7 Å². The van der Waals surface area contributed by atoms with Crippen molar-refractivity contribution in [1.82, 2.24) is 30.8 Å². The maximum absolute atomic E-state index is 11.9. The van der Waals surface area contributed by atoms with E-state index < -0.39 is 11.4 Å². The number of nitrogens with one attached hydrogen (secondary N) is 2. The zero-order chi connectivity index (χ0) is 13.9. The van der Waals surface area contributed by atoms with Crippen LogP contribution in [0.15, 0.2) is 0 Å². The molecule has 2 heterocycles. The third-order valence-corrected chi connectivity index (χ3v) is 3.56. The zero-order valence-corrected chi connectivity index (χ0v) is 10.6. The Balaban J connectivity index is 1.89. The molecule has 19 heavy (non-hydrogen) atoms. The van der Waals surface area contributed by atoms with Crippen LogP contribution in [0, 0.1) is 5.41 Å². The minimum atomic E-state index is -0.844. The Morgan fingerprint density at radius 1 is 1.58 bits per heavy atom. The van der Waals surface area contributed by atoms with Gasteiger partial charge in [-0.15, -0.1) is 10.2 Å². The van der Waals surface area contributed by atoms with Gasteiger partial charge in [-0.1, -0.05) is 12.1 Å². The van der Waals surface area contributed by atoms with Crippen molar-refractivity contribution in [1.29, 1.82) is 0 Å². The lowest BCUT2D eigenvalue weighted by atomic mass is 9.84. The number of carbonyl (C=O) groups is 2. The number of carbonyl (C=O) groups excluding carboxylic acids is 1. The van der Waals surface area contributed by atoms with Gasteiger partial charge in [-0.3, -0.25) is 4.79 Å². The summed E-state index contributed by atoms with van der Waals surface area (Å²) >= 11 is 0. The number of carboxylic acid groups (broad SMARTS) is 1. The lowest BCUT2D eigenvalue weighted by Gasteiger charge is -2.23. The summed E-state index contributed by atoms with van der Waals surface area (Å²) in [7, 11) is 0. The van der Waals surface area contributed by atoms with Crippen molar-refractivity contribution in [2.45, 2.75) is 26.3 Å². The Morgan fingerprint density at radius 2 is 2.37 bits per heavy atom. The molecular weight excluding hydrogens is 252 g/mol. The number of rotatable bonds is 4. The highest BCUT2D eigenvalue weighted by atomic mass is 16.4. The van der Waals surface area contributed by atoms with Crippen LogP contribution in [0.2, 0.25) is 0 Å². The molecule has 1 saturated heterocycles. The van der Waals surface area contributed by atoms with Crippen molar-refractivity contribution in [3.63, 3.8) is 0 Å². The fourth-order valence-electron chi connectivity index (χ4n) is 2.18. The van der Waals surface area contributed by atoms with Crippen LogP contribution in [-0.4, -0.2) is 55.7 Å². The molecule has 1 aliphatic rings. The average Bonchev–Trinajstić information content (AvgIpc) is 3.05. The summed E-state index contributed by atoms with van der Waals surface area (Å²) in [6.07, 6.45) is 0.991. The van der Waals surface area contributed by atoms with E-state index in [1.807, 2.05) is 6.92 Å². The summed E-state index contributed by atoms with van der Waals surface area (Å²) in [5.74, 6) is -0.462. The molecule has 2 amide bonds. The molecule has 0 radical (unpaired) electrons. The van der Waals surface area contributed by atoms with Crippen molar-refractivity contribution in [2.75, 3.05) is 13.1 Å².